The molecule has 0 aromatic heterocycles. The second-order valence-corrected chi connectivity index (χ2v) is 6.47. The third-order valence-corrected chi connectivity index (χ3v) is 2.36. The molecule has 1 rings (SSSR count). The van der Waals surface area contributed by atoms with Crippen LogP contribution < -0.4 is 5.43 Å². The first-order valence-electron chi connectivity index (χ1n) is 5.69. The van der Waals surface area contributed by atoms with E-state index < -0.39 is 0 Å². The summed E-state index contributed by atoms with van der Waals surface area (Å²) in [4.78, 5) is 0. The molecule has 15 heavy (non-hydrogen) atoms. The molecule has 0 radical (unpaired) electrons. The molecule has 2 heteroatoms. The van der Waals surface area contributed by atoms with Crippen LogP contribution in [-0.2, 0) is 0 Å². The SMILES string of the molecule is CC1=C/C(=N\NC(C)(C)C)CC(C)(C)C1. The lowest BCUT2D eigenvalue weighted by Gasteiger charge is -2.30. The number of hydrogen-bond donors (Lipinski definition) is 1. The van der Waals surface area contributed by atoms with Crippen LogP contribution in [-0.4, -0.2) is 11.3 Å². The molecule has 0 aromatic carbocycles. The third-order valence-electron chi connectivity index (χ3n) is 2.36. The van der Waals surface area contributed by atoms with E-state index in [4.69, 9.17) is 0 Å². The molecule has 1 aliphatic carbocycles. The Hall–Kier alpha value is -0.790. The van der Waals surface area contributed by atoms with E-state index in [9.17, 15) is 0 Å². The second-order valence-electron chi connectivity index (χ2n) is 6.47. The van der Waals surface area contributed by atoms with Gasteiger partial charge in [0, 0.05) is 5.54 Å². The van der Waals surface area contributed by atoms with Crippen LogP contribution in [0, 0.1) is 5.41 Å². The molecule has 0 bridgehead atoms. The Morgan fingerprint density at radius 1 is 1.27 bits per heavy atom. The Morgan fingerprint density at radius 2 is 1.87 bits per heavy atom. The van der Waals surface area contributed by atoms with Gasteiger partial charge in [-0.15, -0.1) is 0 Å². The minimum Gasteiger partial charge on any atom is -0.305 e. The first-order valence-corrected chi connectivity index (χ1v) is 5.69. The minimum atomic E-state index is 0.0519. The van der Waals surface area contributed by atoms with Crippen molar-refractivity contribution in [2.24, 2.45) is 10.5 Å². The van der Waals surface area contributed by atoms with Crippen molar-refractivity contribution in [3.05, 3.63) is 11.6 Å². The van der Waals surface area contributed by atoms with Crippen molar-refractivity contribution in [1.82, 2.24) is 5.43 Å². The molecule has 0 saturated carbocycles. The van der Waals surface area contributed by atoms with Gasteiger partial charge >= 0.3 is 0 Å². The van der Waals surface area contributed by atoms with Gasteiger partial charge in [0.1, 0.15) is 0 Å². The summed E-state index contributed by atoms with van der Waals surface area (Å²) >= 11 is 0. The van der Waals surface area contributed by atoms with Gasteiger partial charge in [-0.25, -0.2) is 0 Å². The highest BCUT2D eigenvalue weighted by molar-refractivity contribution is 5.96. The van der Waals surface area contributed by atoms with Gasteiger partial charge in [-0.1, -0.05) is 19.4 Å². The van der Waals surface area contributed by atoms with Gasteiger partial charge in [-0.05, 0) is 52.0 Å². The zero-order valence-corrected chi connectivity index (χ0v) is 10.9. The second kappa shape index (κ2) is 3.99. The summed E-state index contributed by atoms with van der Waals surface area (Å²) in [6.45, 7) is 13.2. The topological polar surface area (TPSA) is 24.4 Å². The zero-order chi connectivity index (χ0) is 11.7. The highest BCUT2D eigenvalue weighted by atomic mass is 15.3. The number of nitrogens with zero attached hydrogens (tertiary/aromatic N) is 1. The van der Waals surface area contributed by atoms with Gasteiger partial charge < -0.3 is 5.43 Å². The minimum absolute atomic E-state index is 0.0519. The van der Waals surface area contributed by atoms with Crippen molar-refractivity contribution >= 4 is 5.71 Å². The molecule has 0 heterocycles. The number of hydrogen-bond acceptors (Lipinski definition) is 2. The van der Waals surface area contributed by atoms with E-state index in [2.05, 4.69) is 58.1 Å². The average molecular weight is 208 g/mol. The van der Waals surface area contributed by atoms with E-state index in [0.29, 0.717) is 5.41 Å². The molecule has 1 aliphatic rings. The Labute approximate surface area is 93.8 Å². The highest BCUT2D eigenvalue weighted by Gasteiger charge is 2.24. The lowest BCUT2D eigenvalue weighted by Crippen LogP contribution is -2.33. The fourth-order valence-electron chi connectivity index (χ4n) is 2.01. The van der Waals surface area contributed by atoms with Crippen molar-refractivity contribution in [3.8, 4) is 0 Å². The van der Waals surface area contributed by atoms with E-state index in [-0.39, 0.29) is 5.54 Å². The molecule has 2 nitrogen and oxygen atoms in total. The summed E-state index contributed by atoms with van der Waals surface area (Å²) in [7, 11) is 0. The predicted molar refractivity (Wildman–Crippen MR) is 67.1 cm³/mol. The van der Waals surface area contributed by atoms with Crippen LogP contribution >= 0.6 is 0 Å². The van der Waals surface area contributed by atoms with Crippen LogP contribution in [0.3, 0.4) is 0 Å². The Balaban J connectivity index is 2.75. The summed E-state index contributed by atoms with van der Waals surface area (Å²) < 4.78 is 0. The van der Waals surface area contributed by atoms with Crippen molar-refractivity contribution in [2.75, 3.05) is 0 Å². The van der Waals surface area contributed by atoms with Crippen LogP contribution in [0.15, 0.2) is 16.8 Å². The van der Waals surface area contributed by atoms with Crippen molar-refractivity contribution in [1.29, 1.82) is 0 Å². The maximum absolute atomic E-state index is 4.49. The van der Waals surface area contributed by atoms with Gasteiger partial charge in [0.05, 0.1) is 5.71 Å². The smallest absolute Gasteiger partial charge is 0.0608 e. The summed E-state index contributed by atoms with van der Waals surface area (Å²) in [6, 6.07) is 0. The van der Waals surface area contributed by atoms with Gasteiger partial charge in [0.2, 0.25) is 0 Å². The average Bonchev–Trinajstić information content (AvgIpc) is 1.95. The predicted octanol–water partition coefficient (Wildman–Crippen LogP) is 3.50. The molecule has 0 unspecified atom stereocenters. The van der Waals surface area contributed by atoms with E-state index in [1.165, 1.54) is 17.7 Å². The summed E-state index contributed by atoms with van der Waals surface area (Å²) in [6.07, 6.45) is 4.46. The highest BCUT2D eigenvalue weighted by Crippen LogP contribution is 2.33. The molecular formula is C13H24N2. The molecule has 0 saturated heterocycles. The molecule has 0 spiro atoms. The Morgan fingerprint density at radius 3 is 2.33 bits per heavy atom. The fourth-order valence-corrected chi connectivity index (χ4v) is 2.01. The molecule has 1 N–H and O–H groups in total. The zero-order valence-electron chi connectivity index (χ0n) is 10.9. The van der Waals surface area contributed by atoms with Crippen LogP contribution in [0.5, 0.6) is 0 Å². The maximum Gasteiger partial charge on any atom is 0.0608 e. The molecule has 0 aliphatic heterocycles. The standard InChI is InChI=1S/C13H24N2/c1-10-7-11(9-13(5,6)8-10)14-15-12(2,3)4/h7,15H,8-9H2,1-6H3/b14-11+. The van der Waals surface area contributed by atoms with Crippen LogP contribution in [0.2, 0.25) is 0 Å². The molecule has 0 amide bonds. The molecule has 86 valence electrons. The summed E-state index contributed by atoms with van der Waals surface area (Å²) in [5.41, 5.74) is 6.21. The number of nitrogens with one attached hydrogen (secondary N) is 1. The van der Waals surface area contributed by atoms with Gasteiger partial charge in [-0.3, -0.25) is 0 Å². The summed E-state index contributed by atoms with van der Waals surface area (Å²) in [5.74, 6) is 0. The van der Waals surface area contributed by atoms with Crippen molar-refractivity contribution in [2.45, 2.75) is 59.9 Å². The van der Waals surface area contributed by atoms with E-state index in [1.807, 2.05) is 0 Å². The van der Waals surface area contributed by atoms with Gasteiger partial charge in [0.25, 0.3) is 0 Å². The van der Waals surface area contributed by atoms with E-state index in [1.54, 1.807) is 0 Å². The van der Waals surface area contributed by atoms with Crippen molar-refractivity contribution in [3.63, 3.8) is 0 Å². The first-order chi connectivity index (χ1) is 6.68. The molecule has 0 atom stereocenters. The van der Waals surface area contributed by atoms with Gasteiger partial charge in [-0.2, -0.15) is 5.10 Å². The van der Waals surface area contributed by atoms with Crippen molar-refractivity contribution < 1.29 is 0 Å². The molecular weight excluding hydrogens is 184 g/mol. The third kappa shape index (κ3) is 4.50. The normalized spacial score (nSPS) is 23.9. The number of hydrazone groups is 1. The Bertz CT molecular complexity index is 290. The van der Waals surface area contributed by atoms with Crippen LogP contribution in [0.4, 0.5) is 0 Å². The van der Waals surface area contributed by atoms with Gasteiger partial charge in [0.15, 0.2) is 0 Å². The van der Waals surface area contributed by atoms with E-state index in [0.717, 1.165) is 6.42 Å². The number of rotatable bonds is 1. The maximum atomic E-state index is 4.49. The van der Waals surface area contributed by atoms with Crippen LogP contribution in [0.1, 0.15) is 54.4 Å². The van der Waals surface area contributed by atoms with E-state index >= 15 is 0 Å². The Kier molecular flexibility index (Phi) is 3.27. The fraction of sp³-hybridized carbons (Fsp3) is 0.769. The molecule has 0 aromatic rings. The number of allylic oxidation sites excluding steroid dienone is 2. The lowest BCUT2D eigenvalue weighted by atomic mass is 9.77. The monoisotopic (exact) mass is 208 g/mol. The quantitative estimate of drug-likeness (QED) is 0.655. The largest absolute Gasteiger partial charge is 0.305 e. The van der Waals surface area contributed by atoms with Crippen LogP contribution in [0.25, 0.3) is 0 Å². The molecule has 0 fully saturated rings. The summed E-state index contributed by atoms with van der Waals surface area (Å²) in [5, 5.41) is 4.49. The lowest BCUT2D eigenvalue weighted by molar-refractivity contribution is 0.369. The first kappa shape index (κ1) is 12.3.